The highest BCUT2D eigenvalue weighted by Crippen LogP contribution is 2.26. The summed E-state index contributed by atoms with van der Waals surface area (Å²) in [5, 5.41) is 1.82. The Labute approximate surface area is 207 Å². The van der Waals surface area contributed by atoms with Gasteiger partial charge in [0.25, 0.3) is 5.91 Å². The molecule has 194 valence electrons. The predicted molar refractivity (Wildman–Crippen MR) is 127 cm³/mol. The quantitative estimate of drug-likeness (QED) is 0.429. The van der Waals surface area contributed by atoms with Gasteiger partial charge in [0.2, 0.25) is 5.91 Å². The molecular formula is C26H29F4N3O3. The summed E-state index contributed by atoms with van der Waals surface area (Å²) in [6.07, 6.45) is -3.78. The fraction of sp³-hybridized carbons (Fsp3) is 0.385. The molecule has 1 aliphatic heterocycles. The summed E-state index contributed by atoms with van der Waals surface area (Å²) in [5.74, 6) is -0.971. The summed E-state index contributed by atoms with van der Waals surface area (Å²) in [6, 6.07) is 10.5. The number of halogens is 4. The zero-order chi connectivity index (χ0) is 26.5. The van der Waals surface area contributed by atoms with E-state index < -0.39 is 24.7 Å². The first-order valence-corrected chi connectivity index (χ1v) is 11.5. The van der Waals surface area contributed by atoms with E-state index in [9.17, 15) is 27.2 Å². The highest BCUT2D eigenvalue weighted by molar-refractivity contribution is 5.94. The smallest absolute Gasteiger partial charge is 0.405 e. The second kappa shape index (κ2) is 11.6. The molecule has 0 saturated carbocycles. The second-order valence-electron chi connectivity index (χ2n) is 8.78. The lowest BCUT2D eigenvalue weighted by Crippen LogP contribution is -2.54. The normalized spacial score (nSPS) is 17.4. The van der Waals surface area contributed by atoms with Crippen LogP contribution in [0.5, 0.6) is 5.75 Å². The van der Waals surface area contributed by atoms with Gasteiger partial charge < -0.3 is 15.0 Å². The SMILES string of the molecule is C=CC(=O)N1CCN(CC(Oc2ccc(C(=O)NCC(F)(F)F)cc2)c2ccc(C)c(F)c2)C[C@H]1C. The summed E-state index contributed by atoms with van der Waals surface area (Å²) >= 11 is 0. The molecule has 10 heteroatoms. The van der Waals surface area contributed by atoms with E-state index in [-0.39, 0.29) is 23.3 Å². The van der Waals surface area contributed by atoms with Crippen LogP contribution in [0.3, 0.4) is 0 Å². The number of ether oxygens (including phenoxy) is 1. The molecule has 2 atom stereocenters. The molecule has 1 saturated heterocycles. The lowest BCUT2D eigenvalue weighted by atomic mass is 10.0. The maximum Gasteiger partial charge on any atom is 0.405 e. The molecule has 2 aromatic rings. The molecule has 1 fully saturated rings. The van der Waals surface area contributed by atoms with Crippen LogP contribution in [-0.2, 0) is 4.79 Å². The van der Waals surface area contributed by atoms with E-state index in [4.69, 9.17) is 4.74 Å². The van der Waals surface area contributed by atoms with Crippen molar-refractivity contribution < 1.29 is 31.9 Å². The molecule has 1 unspecified atom stereocenters. The Morgan fingerprint density at radius 2 is 1.89 bits per heavy atom. The van der Waals surface area contributed by atoms with Gasteiger partial charge in [-0.1, -0.05) is 18.7 Å². The van der Waals surface area contributed by atoms with Crippen LogP contribution in [-0.4, -0.2) is 66.6 Å². The first-order chi connectivity index (χ1) is 17.0. The zero-order valence-corrected chi connectivity index (χ0v) is 20.1. The highest BCUT2D eigenvalue weighted by atomic mass is 19.4. The minimum Gasteiger partial charge on any atom is -0.484 e. The number of hydrogen-bond donors (Lipinski definition) is 1. The van der Waals surface area contributed by atoms with Crippen LogP contribution in [0.25, 0.3) is 0 Å². The van der Waals surface area contributed by atoms with Gasteiger partial charge in [0, 0.05) is 37.8 Å². The van der Waals surface area contributed by atoms with Crippen LogP contribution in [0, 0.1) is 12.7 Å². The number of carbonyl (C=O) groups is 2. The van der Waals surface area contributed by atoms with Crippen LogP contribution in [0.4, 0.5) is 17.6 Å². The number of hydrogen-bond acceptors (Lipinski definition) is 4. The van der Waals surface area contributed by atoms with E-state index in [0.717, 1.165) is 0 Å². The number of nitrogens with one attached hydrogen (secondary N) is 1. The predicted octanol–water partition coefficient (Wildman–Crippen LogP) is 4.27. The van der Waals surface area contributed by atoms with Crippen LogP contribution >= 0.6 is 0 Å². The molecule has 3 rings (SSSR count). The van der Waals surface area contributed by atoms with Gasteiger partial charge >= 0.3 is 6.18 Å². The molecule has 0 aliphatic carbocycles. The molecule has 0 radical (unpaired) electrons. The van der Waals surface area contributed by atoms with Crippen molar-refractivity contribution in [2.24, 2.45) is 0 Å². The maximum absolute atomic E-state index is 14.3. The minimum absolute atomic E-state index is 0.0471. The molecule has 0 spiro atoms. The van der Waals surface area contributed by atoms with Crippen molar-refractivity contribution >= 4 is 11.8 Å². The lowest BCUT2D eigenvalue weighted by Gasteiger charge is -2.40. The Morgan fingerprint density at radius 3 is 2.47 bits per heavy atom. The van der Waals surface area contributed by atoms with Crippen molar-refractivity contribution in [1.29, 1.82) is 0 Å². The van der Waals surface area contributed by atoms with Gasteiger partial charge in [0.15, 0.2) is 0 Å². The number of benzene rings is 2. The molecule has 2 aromatic carbocycles. The van der Waals surface area contributed by atoms with Gasteiger partial charge in [0.1, 0.15) is 24.2 Å². The first-order valence-electron chi connectivity index (χ1n) is 11.5. The number of amides is 2. The minimum atomic E-state index is -4.50. The number of piperazine rings is 1. The van der Waals surface area contributed by atoms with Crippen molar-refractivity contribution in [2.45, 2.75) is 32.2 Å². The molecule has 6 nitrogen and oxygen atoms in total. The fourth-order valence-electron chi connectivity index (χ4n) is 4.03. The molecule has 1 N–H and O–H groups in total. The van der Waals surface area contributed by atoms with Crippen LogP contribution in [0.1, 0.15) is 34.5 Å². The summed E-state index contributed by atoms with van der Waals surface area (Å²) in [7, 11) is 0. The molecule has 1 heterocycles. The lowest BCUT2D eigenvalue weighted by molar-refractivity contribution is -0.130. The molecular weight excluding hydrogens is 478 g/mol. The van der Waals surface area contributed by atoms with E-state index in [1.165, 1.54) is 36.4 Å². The second-order valence-corrected chi connectivity index (χ2v) is 8.78. The first kappa shape index (κ1) is 27.2. The molecule has 2 amide bonds. The van der Waals surface area contributed by atoms with Gasteiger partial charge in [-0.15, -0.1) is 0 Å². The summed E-state index contributed by atoms with van der Waals surface area (Å²) < 4.78 is 57.6. The highest BCUT2D eigenvalue weighted by Gasteiger charge is 2.29. The Morgan fingerprint density at radius 1 is 1.19 bits per heavy atom. The largest absolute Gasteiger partial charge is 0.484 e. The third-order valence-electron chi connectivity index (χ3n) is 6.01. The average molecular weight is 508 g/mol. The van der Waals surface area contributed by atoms with E-state index in [1.807, 2.05) is 12.2 Å². The Hall–Kier alpha value is -3.40. The number of carbonyl (C=O) groups excluding carboxylic acids is 2. The molecule has 1 aliphatic rings. The summed E-state index contributed by atoms with van der Waals surface area (Å²) in [5.41, 5.74) is 1.17. The van der Waals surface area contributed by atoms with E-state index in [0.29, 0.717) is 43.1 Å². The Balaban J connectivity index is 1.74. The van der Waals surface area contributed by atoms with Gasteiger partial charge in [-0.05, 0) is 61.4 Å². The van der Waals surface area contributed by atoms with E-state index in [1.54, 1.807) is 24.0 Å². The van der Waals surface area contributed by atoms with Gasteiger partial charge in [-0.2, -0.15) is 13.2 Å². The topological polar surface area (TPSA) is 61.9 Å². The van der Waals surface area contributed by atoms with Crippen molar-refractivity contribution in [2.75, 3.05) is 32.7 Å². The number of alkyl halides is 3. The average Bonchev–Trinajstić information content (AvgIpc) is 2.83. The van der Waals surface area contributed by atoms with Gasteiger partial charge in [0.05, 0.1) is 0 Å². The van der Waals surface area contributed by atoms with Crippen molar-refractivity contribution in [3.8, 4) is 5.75 Å². The molecule has 0 aromatic heterocycles. The Kier molecular flexibility index (Phi) is 8.73. The van der Waals surface area contributed by atoms with Crippen molar-refractivity contribution in [3.05, 3.63) is 77.6 Å². The maximum atomic E-state index is 14.3. The van der Waals surface area contributed by atoms with E-state index >= 15 is 0 Å². The van der Waals surface area contributed by atoms with Crippen molar-refractivity contribution in [3.63, 3.8) is 0 Å². The summed E-state index contributed by atoms with van der Waals surface area (Å²) in [4.78, 5) is 27.9. The number of rotatable bonds is 8. The third kappa shape index (κ3) is 7.30. The van der Waals surface area contributed by atoms with Crippen LogP contribution in [0.2, 0.25) is 0 Å². The molecule has 36 heavy (non-hydrogen) atoms. The third-order valence-corrected chi connectivity index (χ3v) is 6.01. The number of nitrogens with zero attached hydrogens (tertiary/aromatic N) is 2. The van der Waals surface area contributed by atoms with Gasteiger partial charge in [-0.3, -0.25) is 14.5 Å². The van der Waals surface area contributed by atoms with E-state index in [2.05, 4.69) is 11.5 Å². The monoisotopic (exact) mass is 507 g/mol. The Bertz CT molecular complexity index is 1090. The summed E-state index contributed by atoms with van der Waals surface area (Å²) in [6.45, 7) is 7.84. The molecule has 0 bridgehead atoms. The van der Waals surface area contributed by atoms with Crippen molar-refractivity contribution in [1.82, 2.24) is 15.1 Å². The standard InChI is InChI=1S/C26H29F4N3O3/c1-4-24(34)33-12-11-32(14-18(33)3)15-23(20-6-5-17(2)22(27)13-20)36-21-9-7-19(8-10-21)25(35)31-16-26(28,29)30/h4-10,13,18,23H,1,11-12,14-16H2,2-3H3,(H,31,35)/t18-,23?/m1/s1. The van der Waals surface area contributed by atoms with Gasteiger partial charge in [-0.25, -0.2) is 4.39 Å². The zero-order valence-electron chi connectivity index (χ0n) is 20.1. The van der Waals surface area contributed by atoms with Crippen LogP contribution < -0.4 is 10.1 Å². The van der Waals surface area contributed by atoms with Crippen LogP contribution in [0.15, 0.2) is 55.1 Å². The fourth-order valence-corrected chi connectivity index (χ4v) is 4.03. The number of aryl methyl sites for hydroxylation is 1.